The van der Waals surface area contributed by atoms with Gasteiger partial charge in [-0.2, -0.15) is 13.2 Å². The van der Waals surface area contributed by atoms with Crippen molar-refractivity contribution in [3.05, 3.63) is 65.2 Å². The van der Waals surface area contributed by atoms with Gasteiger partial charge in [-0.15, -0.1) is 0 Å². The van der Waals surface area contributed by atoms with Crippen molar-refractivity contribution in [3.8, 4) is 0 Å². The van der Waals surface area contributed by atoms with E-state index in [4.69, 9.17) is 0 Å². The molecular formula is C23H24F3NO2. The number of anilines is 1. The molecule has 0 aliphatic heterocycles. The first kappa shape index (κ1) is 21.1. The lowest BCUT2D eigenvalue weighted by Crippen LogP contribution is -2.25. The number of aryl methyl sites for hydroxylation is 1. The molecule has 1 aliphatic carbocycles. The summed E-state index contributed by atoms with van der Waals surface area (Å²) in [5.41, 5.74) is 0.141. The predicted molar refractivity (Wildman–Crippen MR) is 106 cm³/mol. The molecule has 0 atom stereocenters. The highest BCUT2D eigenvalue weighted by Gasteiger charge is 2.32. The summed E-state index contributed by atoms with van der Waals surface area (Å²) in [6, 6.07) is 12.0. The Morgan fingerprint density at radius 1 is 0.931 bits per heavy atom. The molecule has 1 amide bonds. The van der Waals surface area contributed by atoms with Crippen LogP contribution in [0.3, 0.4) is 0 Å². The molecule has 1 fully saturated rings. The van der Waals surface area contributed by atoms with Gasteiger partial charge in [-0.1, -0.05) is 49.6 Å². The van der Waals surface area contributed by atoms with Gasteiger partial charge in [0.05, 0.1) is 11.3 Å². The number of nitrogens with one attached hydrogen (secondary N) is 1. The van der Waals surface area contributed by atoms with Gasteiger partial charge in [-0.25, -0.2) is 0 Å². The molecule has 2 aromatic rings. The number of ketones is 1. The summed E-state index contributed by atoms with van der Waals surface area (Å²) < 4.78 is 39.4. The maximum absolute atomic E-state index is 13.1. The molecular weight excluding hydrogens is 379 g/mol. The molecule has 0 heterocycles. The predicted octanol–water partition coefficient (Wildman–Crippen LogP) is 6.04. The second-order valence-corrected chi connectivity index (χ2v) is 7.45. The van der Waals surface area contributed by atoms with Gasteiger partial charge in [-0.3, -0.25) is 9.59 Å². The maximum Gasteiger partial charge on any atom is 0.416 e. The summed E-state index contributed by atoms with van der Waals surface area (Å²) in [6.07, 6.45) is 0.341. The van der Waals surface area contributed by atoms with Crippen LogP contribution in [-0.2, 0) is 17.4 Å². The highest BCUT2D eigenvalue weighted by atomic mass is 19.4. The van der Waals surface area contributed by atoms with Gasteiger partial charge < -0.3 is 5.32 Å². The monoisotopic (exact) mass is 403 g/mol. The lowest BCUT2D eigenvalue weighted by Gasteiger charge is -2.21. The Morgan fingerprint density at radius 2 is 1.59 bits per heavy atom. The quantitative estimate of drug-likeness (QED) is 0.598. The van der Waals surface area contributed by atoms with E-state index in [-0.39, 0.29) is 36.0 Å². The van der Waals surface area contributed by atoms with Crippen LogP contribution in [0.25, 0.3) is 0 Å². The van der Waals surface area contributed by atoms with Crippen LogP contribution >= 0.6 is 0 Å². The van der Waals surface area contributed by atoms with E-state index in [0.29, 0.717) is 11.3 Å². The number of alkyl halides is 3. The number of carbonyl (C=O) groups is 2. The van der Waals surface area contributed by atoms with Gasteiger partial charge in [0.2, 0.25) is 5.91 Å². The Morgan fingerprint density at radius 3 is 2.31 bits per heavy atom. The van der Waals surface area contributed by atoms with E-state index in [0.717, 1.165) is 38.2 Å². The number of amides is 1. The normalized spacial score (nSPS) is 15.1. The zero-order chi connectivity index (χ0) is 20.9. The minimum atomic E-state index is -4.45. The fraction of sp³-hybridized carbons (Fsp3) is 0.391. The molecule has 0 aromatic heterocycles. The van der Waals surface area contributed by atoms with Crippen molar-refractivity contribution in [1.29, 1.82) is 0 Å². The number of hydrogen-bond donors (Lipinski definition) is 1. The molecule has 2 aromatic carbocycles. The van der Waals surface area contributed by atoms with Crippen LogP contribution in [-0.4, -0.2) is 11.7 Å². The lowest BCUT2D eigenvalue weighted by atomic mass is 9.88. The fourth-order valence-electron chi connectivity index (χ4n) is 3.83. The van der Waals surface area contributed by atoms with E-state index in [2.05, 4.69) is 5.32 Å². The Balaban J connectivity index is 1.70. The second kappa shape index (κ2) is 9.25. The summed E-state index contributed by atoms with van der Waals surface area (Å²) in [4.78, 5) is 25.3. The van der Waals surface area contributed by atoms with Crippen LogP contribution in [0.5, 0.6) is 0 Å². The second-order valence-electron chi connectivity index (χ2n) is 7.45. The van der Waals surface area contributed by atoms with E-state index >= 15 is 0 Å². The fourth-order valence-corrected chi connectivity index (χ4v) is 3.83. The first-order valence-corrected chi connectivity index (χ1v) is 9.94. The molecule has 0 unspecified atom stereocenters. The third-order valence-corrected chi connectivity index (χ3v) is 5.41. The highest BCUT2D eigenvalue weighted by Crippen LogP contribution is 2.33. The summed E-state index contributed by atoms with van der Waals surface area (Å²) in [6.45, 7) is 0. The Bertz CT molecular complexity index is 870. The van der Waals surface area contributed by atoms with E-state index in [9.17, 15) is 22.8 Å². The van der Waals surface area contributed by atoms with Gasteiger partial charge in [0.1, 0.15) is 0 Å². The molecule has 0 spiro atoms. The van der Waals surface area contributed by atoms with Crippen LogP contribution in [0.4, 0.5) is 18.9 Å². The topological polar surface area (TPSA) is 46.2 Å². The summed E-state index contributed by atoms with van der Waals surface area (Å²) in [5.74, 6) is -0.431. The van der Waals surface area contributed by atoms with Crippen molar-refractivity contribution >= 4 is 17.4 Å². The van der Waals surface area contributed by atoms with Crippen molar-refractivity contribution in [2.24, 2.45) is 5.92 Å². The molecule has 1 aliphatic rings. The Hall–Kier alpha value is -2.63. The van der Waals surface area contributed by atoms with Crippen LogP contribution in [0.2, 0.25) is 0 Å². The standard InChI is InChI=1S/C23H24F3NO2/c24-23(25,26)19-12-6-4-8-16(19)14-15-21(28)18-11-5-7-13-20(18)27-22(29)17-9-2-1-3-10-17/h4-8,11-13,17H,1-3,9-10,14-15H2,(H,27,29). The van der Waals surface area contributed by atoms with Gasteiger partial charge in [0.15, 0.2) is 5.78 Å². The molecule has 1 N–H and O–H groups in total. The van der Waals surface area contributed by atoms with Crippen molar-refractivity contribution in [2.75, 3.05) is 5.32 Å². The van der Waals surface area contributed by atoms with Crippen LogP contribution in [0, 0.1) is 5.92 Å². The number of carbonyl (C=O) groups excluding carboxylic acids is 2. The molecule has 6 heteroatoms. The molecule has 154 valence electrons. The molecule has 0 radical (unpaired) electrons. The first-order chi connectivity index (χ1) is 13.9. The molecule has 1 saturated carbocycles. The molecule has 3 rings (SSSR count). The molecule has 3 nitrogen and oxygen atoms in total. The van der Waals surface area contributed by atoms with Crippen molar-refractivity contribution < 1.29 is 22.8 Å². The molecule has 0 bridgehead atoms. The first-order valence-electron chi connectivity index (χ1n) is 9.94. The van der Waals surface area contributed by atoms with Crippen LogP contribution < -0.4 is 5.32 Å². The number of hydrogen-bond acceptors (Lipinski definition) is 2. The number of rotatable bonds is 6. The summed E-state index contributed by atoms with van der Waals surface area (Å²) in [7, 11) is 0. The molecule has 0 saturated heterocycles. The number of Topliss-reactive ketones (excluding diaryl/α,β-unsaturated/α-hetero) is 1. The largest absolute Gasteiger partial charge is 0.416 e. The van der Waals surface area contributed by atoms with E-state index in [1.165, 1.54) is 18.2 Å². The number of para-hydroxylation sites is 1. The van der Waals surface area contributed by atoms with Crippen LogP contribution in [0.15, 0.2) is 48.5 Å². The number of benzene rings is 2. The zero-order valence-corrected chi connectivity index (χ0v) is 16.1. The van der Waals surface area contributed by atoms with Gasteiger partial charge in [0.25, 0.3) is 0 Å². The van der Waals surface area contributed by atoms with Crippen LogP contribution in [0.1, 0.15) is 60.0 Å². The van der Waals surface area contributed by atoms with E-state index < -0.39 is 11.7 Å². The Labute approximate surface area is 168 Å². The van der Waals surface area contributed by atoms with E-state index in [1.807, 2.05) is 0 Å². The average Bonchev–Trinajstić information content (AvgIpc) is 2.72. The van der Waals surface area contributed by atoms with Crippen molar-refractivity contribution in [2.45, 2.75) is 51.1 Å². The smallest absolute Gasteiger partial charge is 0.325 e. The Kier molecular flexibility index (Phi) is 6.72. The average molecular weight is 403 g/mol. The zero-order valence-electron chi connectivity index (χ0n) is 16.1. The third kappa shape index (κ3) is 5.46. The number of halogens is 3. The SMILES string of the molecule is O=C(CCc1ccccc1C(F)(F)F)c1ccccc1NC(=O)C1CCCCC1. The van der Waals surface area contributed by atoms with Gasteiger partial charge in [-0.05, 0) is 43.0 Å². The summed E-state index contributed by atoms with van der Waals surface area (Å²) in [5, 5.41) is 2.86. The maximum atomic E-state index is 13.1. The third-order valence-electron chi connectivity index (χ3n) is 5.41. The van der Waals surface area contributed by atoms with Crippen molar-refractivity contribution in [1.82, 2.24) is 0 Å². The minimum Gasteiger partial charge on any atom is -0.325 e. The van der Waals surface area contributed by atoms with Crippen molar-refractivity contribution in [3.63, 3.8) is 0 Å². The highest BCUT2D eigenvalue weighted by molar-refractivity contribution is 6.05. The minimum absolute atomic E-state index is 0.0145. The van der Waals surface area contributed by atoms with E-state index in [1.54, 1.807) is 24.3 Å². The van der Waals surface area contributed by atoms with Gasteiger partial charge in [0, 0.05) is 17.9 Å². The molecule has 29 heavy (non-hydrogen) atoms. The summed E-state index contributed by atoms with van der Waals surface area (Å²) >= 11 is 0. The lowest BCUT2D eigenvalue weighted by molar-refractivity contribution is -0.138. The van der Waals surface area contributed by atoms with Gasteiger partial charge >= 0.3 is 6.18 Å².